The molecule has 2 aromatic rings. The second-order valence-corrected chi connectivity index (χ2v) is 7.54. The predicted molar refractivity (Wildman–Crippen MR) is 106 cm³/mol. The molecule has 0 aromatic carbocycles. The quantitative estimate of drug-likeness (QED) is 0.710. The third-order valence-electron chi connectivity index (χ3n) is 5.39. The molecule has 2 aromatic heterocycles. The molecular formula is C20H23F3N6O. The lowest BCUT2D eigenvalue weighted by molar-refractivity contribution is -0.137. The Morgan fingerprint density at radius 1 is 1.33 bits per heavy atom. The van der Waals surface area contributed by atoms with E-state index in [1.54, 1.807) is 13.2 Å². The van der Waals surface area contributed by atoms with Crippen LogP contribution in [0.15, 0.2) is 24.7 Å². The second kappa shape index (κ2) is 8.10. The zero-order valence-corrected chi connectivity index (χ0v) is 16.5. The van der Waals surface area contributed by atoms with Crippen LogP contribution < -0.4 is 10.6 Å². The number of alkyl halides is 3. The summed E-state index contributed by atoms with van der Waals surface area (Å²) in [6.45, 7) is 1.62. The van der Waals surface area contributed by atoms with E-state index in [-0.39, 0.29) is 34.8 Å². The van der Waals surface area contributed by atoms with Gasteiger partial charge in [-0.1, -0.05) is 6.08 Å². The van der Waals surface area contributed by atoms with Gasteiger partial charge in [0.05, 0.1) is 5.69 Å². The van der Waals surface area contributed by atoms with Crippen LogP contribution in [0.25, 0.3) is 11.3 Å². The minimum atomic E-state index is -4.62. The molecule has 4 heterocycles. The number of aromatic nitrogens is 3. The Kier molecular flexibility index (Phi) is 5.50. The van der Waals surface area contributed by atoms with E-state index in [0.717, 1.165) is 25.6 Å². The number of fused-ring (bicyclic) bond motifs is 1. The van der Waals surface area contributed by atoms with Crippen molar-refractivity contribution in [2.24, 2.45) is 0 Å². The number of nitrogens with zero attached hydrogens (tertiary/aromatic N) is 3. The number of carbonyl (C=O) groups is 1. The molecule has 160 valence electrons. The second-order valence-electron chi connectivity index (χ2n) is 7.54. The number of anilines is 1. The van der Waals surface area contributed by atoms with Gasteiger partial charge >= 0.3 is 6.18 Å². The van der Waals surface area contributed by atoms with Crippen molar-refractivity contribution < 1.29 is 18.0 Å². The molecule has 0 spiro atoms. The van der Waals surface area contributed by atoms with Crippen LogP contribution in [0.3, 0.4) is 0 Å². The Morgan fingerprint density at radius 2 is 2.17 bits per heavy atom. The number of carbonyl (C=O) groups excluding carboxylic acids is 1. The third-order valence-corrected chi connectivity index (χ3v) is 5.39. The molecule has 0 aliphatic carbocycles. The number of H-pyrrole nitrogens is 1. The van der Waals surface area contributed by atoms with Crippen molar-refractivity contribution in [1.29, 1.82) is 0 Å². The number of nitrogens with one attached hydrogen (secondary N) is 3. The first-order valence-corrected chi connectivity index (χ1v) is 9.90. The Labute approximate surface area is 171 Å². The zero-order chi connectivity index (χ0) is 21.3. The van der Waals surface area contributed by atoms with E-state index in [2.05, 4.69) is 25.6 Å². The van der Waals surface area contributed by atoms with Gasteiger partial charge in [0, 0.05) is 43.8 Å². The molecule has 1 amide bonds. The molecule has 0 radical (unpaired) electrons. The number of hydrogen-bond acceptors (Lipinski definition) is 5. The summed E-state index contributed by atoms with van der Waals surface area (Å²) in [5, 5.41) is 6.38. The largest absolute Gasteiger partial charge is 0.419 e. The van der Waals surface area contributed by atoms with Gasteiger partial charge in [-0.3, -0.25) is 4.79 Å². The molecule has 1 unspecified atom stereocenters. The van der Waals surface area contributed by atoms with E-state index < -0.39 is 11.7 Å². The van der Waals surface area contributed by atoms with Crippen molar-refractivity contribution in [3.63, 3.8) is 0 Å². The van der Waals surface area contributed by atoms with Gasteiger partial charge in [0.2, 0.25) is 5.95 Å². The van der Waals surface area contributed by atoms with Crippen LogP contribution in [-0.2, 0) is 12.6 Å². The minimum Gasteiger partial charge on any atom is -0.356 e. The topological polar surface area (TPSA) is 85.9 Å². The van der Waals surface area contributed by atoms with Crippen molar-refractivity contribution in [3.8, 4) is 11.3 Å². The van der Waals surface area contributed by atoms with Crippen LogP contribution in [0.2, 0.25) is 0 Å². The lowest BCUT2D eigenvalue weighted by Crippen LogP contribution is -2.38. The SMILES string of the molecule is CN1/C=C\CCc2c(-c3nc(NC4CCCNC4)ncc3C(F)(F)F)c[nH]c2C1=O. The van der Waals surface area contributed by atoms with Gasteiger partial charge in [-0.2, -0.15) is 13.2 Å². The molecule has 1 fully saturated rings. The van der Waals surface area contributed by atoms with Crippen LogP contribution in [0.4, 0.5) is 19.1 Å². The minimum absolute atomic E-state index is 0.0514. The molecule has 1 atom stereocenters. The number of aromatic amines is 1. The summed E-state index contributed by atoms with van der Waals surface area (Å²) in [5.41, 5.74) is -0.0434. The number of piperidine rings is 1. The third kappa shape index (κ3) is 4.04. The zero-order valence-electron chi connectivity index (χ0n) is 16.5. The van der Waals surface area contributed by atoms with E-state index in [4.69, 9.17) is 0 Å². The normalized spacial score (nSPS) is 21.0. The monoisotopic (exact) mass is 420 g/mol. The van der Waals surface area contributed by atoms with Crippen molar-refractivity contribution in [2.75, 3.05) is 25.5 Å². The smallest absolute Gasteiger partial charge is 0.356 e. The Morgan fingerprint density at radius 3 is 2.90 bits per heavy atom. The van der Waals surface area contributed by atoms with Crippen molar-refractivity contribution in [2.45, 2.75) is 37.9 Å². The van der Waals surface area contributed by atoms with Crippen LogP contribution in [0, 0.1) is 0 Å². The van der Waals surface area contributed by atoms with Crippen molar-refractivity contribution >= 4 is 11.9 Å². The molecule has 0 saturated carbocycles. The number of hydrogen-bond donors (Lipinski definition) is 3. The highest BCUT2D eigenvalue weighted by Crippen LogP contribution is 2.38. The lowest BCUT2D eigenvalue weighted by atomic mass is 9.99. The Bertz CT molecular complexity index is 962. The Hall–Kier alpha value is -2.88. The molecule has 2 aliphatic heterocycles. The van der Waals surface area contributed by atoms with E-state index in [1.807, 2.05) is 6.08 Å². The highest BCUT2D eigenvalue weighted by molar-refractivity contribution is 5.96. The maximum absolute atomic E-state index is 13.7. The average molecular weight is 420 g/mol. The molecule has 2 aliphatic rings. The summed E-state index contributed by atoms with van der Waals surface area (Å²) >= 11 is 0. The standard InChI is InChI=1S/C20H23F3N6O/c1-29-8-3-2-6-13-14(10-25-17(13)18(29)30)16-15(20(21,22)23)11-26-19(28-16)27-12-5-4-7-24-9-12/h3,8,10-12,24-25H,2,4-7,9H2,1H3,(H,26,27,28)/b8-3-. The lowest BCUT2D eigenvalue weighted by Gasteiger charge is -2.24. The van der Waals surface area contributed by atoms with Crippen molar-refractivity contribution in [1.82, 2.24) is 25.2 Å². The Balaban J connectivity index is 1.77. The number of amides is 1. The van der Waals surface area contributed by atoms with Crippen molar-refractivity contribution in [3.05, 3.63) is 41.5 Å². The summed E-state index contributed by atoms with van der Waals surface area (Å²) in [6.07, 6.45) is 4.01. The summed E-state index contributed by atoms with van der Waals surface area (Å²) in [7, 11) is 1.61. The number of allylic oxidation sites excluding steroid dienone is 1. The summed E-state index contributed by atoms with van der Waals surface area (Å²) in [6, 6.07) is 0.0514. The van der Waals surface area contributed by atoms with E-state index in [1.165, 1.54) is 11.1 Å². The van der Waals surface area contributed by atoms with E-state index >= 15 is 0 Å². The number of halogens is 3. The van der Waals surface area contributed by atoms with Gasteiger partial charge in [-0.05, 0) is 37.8 Å². The first kappa shape index (κ1) is 20.4. The van der Waals surface area contributed by atoms with Gasteiger partial charge in [-0.25, -0.2) is 9.97 Å². The van der Waals surface area contributed by atoms with E-state index in [9.17, 15) is 18.0 Å². The van der Waals surface area contributed by atoms with Crippen LogP contribution in [-0.4, -0.2) is 51.9 Å². The number of rotatable bonds is 3. The maximum Gasteiger partial charge on any atom is 0.419 e. The average Bonchev–Trinajstić information content (AvgIpc) is 3.12. The maximum atomic E-state index is 13.7. The van der Waals surface area contributed by atoms with Gasteiger partial charge in [0.25, 0.3) is 5.91 Å². The van der Waals surface area contributed by atoms with Gasteiger partial charge < -0.3 is 20.5 Å². The van der Waals surface area contributed by atoms with Crippen LogP contribution >= 0.6 is 0 Å². The first-order chi connectivity index (χ1) is 14.3. The van der Waals surface area contributed by atoms with Gasteiger partial charge in [0.1, 0.15) is 11.3 Å². The summed E-state index contributed by atoms with van der Waals surface area (Å²) in [5.74, 6) is -0.155. The molecule has 3 N–H and O–H groups in total. The van der Waals surface area contributed by atoms with Gasteiger partial charge in [0.15, 0.2) is 0 Å². The molecule has 4 rings (SSSR count). The molecule has 7 nitrogen and oxygen atoms in total. The summed E-state index contributed by atoms with van der Waals surface area (Å²) in [4.78, 5) is 25.1. The van der Waals surface area contributed by atoms with Crippen LogP contribution in [0.5, 0.6) is 0 Å². The van der Waals surface area contributed by atoms with Crippen LogP contribution in [0.1, 0.15) is 40.9 Å². The highest BCUT2D eigenvalue weighted by atomic mass is 19.4. The summed E-state index contributed by atoms with van der Waals surface area (Å²) < 4.78 is 41.2. The highest BCUT2D eigenvalue weighted by Gasteiger charge is 2.37. The molecule has 10 heteroatoms. The predicted octanol–water partition coefficient (Wildman–Crippen LogP) is 3.19. The molecule has 1 saturated heterocycles. The fraction of sp³-hybridized carbons (Fsp3) is 0.450. The molecular weight excluding hydrogens is 397 g/mol. The molecule has 30 heavy (non-hydrogen) atoms. The fourth-order valence-electron chi connectivity index (χ4n) is 3.84. The first-order valence-electron chi connectivity index (χ1n) is 9.90. The van der Waals surface area contributed by atoms with E-state index in [0.29, 0.717) is 24.9 Å². The molecule has 0 bridgehead atoms. The van der Waals surface area contributed by atoms with Gasteiger partial charge in [-0.15, -0.1) is 0 Å². The fourth-order valence-corrected chi connectivity index (χ4v) is 3.84.